The summed E-state index contributed by atoms with van der Waals surface area (Å²) in [6, 6.07) is 5.59. The Bertz CT molecular complexity index is 610. The van der Waals surface area contributed by atoms with Gasteiger partial charge in [0.1, 0.15) is 0 Å². The Morgan fingerprint density at radius 2 is 2.36 bits per heavy atom. The molecular formula is C18H25N3O4. The van der Waals surface area contributed by atoms with Crippen molar-refractivity contribution in [2.75, 3.05) is 32.8 Å². The van der Waals surface area contributed by atoms with E-state index in [4.69, 9.17) is 9.47 Å². The summed E-state index contributed by atoms with van der Waals surface area (Å²) in [4.78, 5) is 29.4. The molecular weight excluding hydrogens is 322 g/mol. The number of hydrogen-bond donors (Lipinski definition) is 1. The highest BCUT2D eigenvalue weighted by molar-refractivity contribution is 5.83. The lowest BCUT2D eigenvalue weighted by atomic mass is 9.89. The molecule has 25 heavy (non-hydrogen) atoms. The third-order valence-corrected chi connectivity index (χ3v) is 5.02. The first-order chi connectivity index (χ1) is 12.1. The molecule has 1 aliphatic carbocycles. The summed E-state index contributed by atoms with van der Waals surface area (Å²) in [6.07, 6.45) is 4.71. The van der Waals surface area contributed by atoms with Crippen LogP contribution in [-0.4, -0.2) is 60.1 Å². The van der Waals surface area contributed by atoms with Crippen LogP contribution in [0.2, 0.25) is 0 Å². The third-order valence-electron chi connectivity index (χ3n) is 5.02. The van der Waals surface area contributed by atoms with Crippen molar-refractivity contribution >= 4 is 11.8 Å². The fourth-order valence-corrected chi connectivity index (χ4v) is 3.70. The van der Waals surface area contributed by atoms with Gasteiger partial charge in [-0.1, -0.05) is 6.07 Å². The molecule has 3 rings (SSSR count). The zero-order chi connectivity index (χ0) is 17.7. The molecule has 0 aromatic carbocycles. The number of hydrogen-bond acceptors (Lipinski definition) is 5. The van der Waals surface area contributed by atoms with Crippen molar-refractivity contribution < 1.29 is 19.1 Å². The molecule has 0 unspecified atom stereocenters. The van der Waals surface area contributed by atoms with Gasteiger partial charge in [0.05, 0.1) is 31.9 Å². The first-order valence-electron chi connectivity index (χ1n) is 8.79. The lowest BCUT2D eigenvalue weighted by Crippen LogP contribution is -2.57. The number of nitrogens with one attached hydrogen (secondary N) is 1. The van der Waals surface area contributed by atoms with Crippen molar-refractivity contribution in [1.29, 1.82) is 0 Å². The number of pyridine rings is 1. The maximum Gasteiger partial charge on any atom is 0.242 e. The number of ether oxygens (including phenoxy) is 2. The van der Waals surface area contributed by atoms with Crippen molar-refractivity contribution in [2.45, 2.75) is 31.8 Å². The second-order valence-electron chi connectivity index (χ2n) is 6.71. The normalized spacial score (nSPS) is 25.8. The van der Waals surface area contributed by atoms with Crippen LogP contribution in [0.25, 0.3) is 0 Å². The molecule has 2 atom stereocenters. The molecule has 1 aromatic heterocycles. The number of aromatic nitrogens is 1. The predicted molar refractivity (Wildman–Crippen MR) is 91.0 cm³/mol. The Hall–Kier alpha value is -2.15. The van der Waals surface area contributed by atoms with Gasteiger partial charge in [-0.15, -0.1) is 0 Å². The van der Waals surface area contributed by atoms with Crippen LogP contribution in [0.15, 0.2) is 24.4 Å². The Morgan fingerprint density at radius 1 is 1.48 bits per heavy atom. The topological polar surface area (TPSA) is 80.8 Å². The van der Waals surface area contributed by atoms with Gasteiger partial charge in [-0.2, -0.15) is 0 Å². The highest BCUT2D eigenvalue weighted by atomic mass is 16.5. The summed E-state index contributed by atoms with van der Waals surface area (Å²) in [6.45, 7) is 3.63. The van der Waals surface area contributed by atoms with Crippen LogP contribution in [-0.2, 0) is 14.3 Å². The van der Waals surface area contributed by atoms with Crippen LogP contribution < -0.4 is 10.1 Å². The zero-order valence-electron chi connectivity index (χ0n) is 14.6. The van der Waals surface area contributed by atoms with E-state index in [0.29, 0.717) is 32.2 Å². The Labute approximate surface area is 147 Å². The maximum atomic E-state index is 12.3. The average Bonchev–Trinajstić information content (AvgIpc) is 3.00. The molecule has 7 nitrogen and oxygen atoms in total. The van der Waals surface area contributed by atoms with Crippen molar-refractivity contribution in [2.24, 2.45) is 5.92 Å². The van der Waals surface area contributed by atoms with Crippen molar-refractivity contribution in [3.63, 3.8) is 0 Å². The van der Waals surface area contributed by atoms with Crippen LogP contribution >= 0.6 is 0 Å². The zero-order valence-corrected chi connectivity index (χ0v) is 14.6. The molecule has 2 amide bonds. The Kier molecular flexibility index (Phi) is 5.53. The molecule has 7 heteroatoms. The van der Waals surface area contributed by atoms with Gasteiger partial charge in [0, 0.05) is 31.6 Å². The van der Waals surface area contributed by atoms with E-state index in [1.54, 1.807) is 11.1 Å². The van der Waals surface area contributed by atoms with E-state index < -0.39 is 0 Å². The molecule has 0 radical (unpaired) electrons. The smallest absolute Gasteiger partial charge is 0.242 e. The van der Waals surface area contributed by atoms with Gasteiger partial charge < -0.3 is 19.7 Å². The van der Waals surface area contributed by atoms with Gasteiger partial charge in [0.25, 0.3) is 0 Å². The highest BCUT2D eigenvalue weighted by Crippen LogP contribution is 2.41. The van der Waals surface area contributed by atoms with Crippen LogP contribution in [0.4, 0.5) is 0 Å². The Morgan fingerprint density at radius 3 is 3.12 bits per heavy atom. The molecule has 1 saturated heterocycles. The van der Waals surface area contributed by atoms with Crippen LogP contribution in [0.3, 0.4) is 0 Å². The minimum absolute atomic E-state index is 0.0422. The molecule has 136 valence electrons. The van der Waals surface area contributed by atoms with E-state index in [0.717, 1.165) is 19.3 Å². The molecule has 1 aromatic rings. The van der Waals surface area contributed by atoms with E-state index in [-0.39, 0.29) is 29.9 Å². The number of morpholine rings is 1. The number of rotatable bonds is 5. The summed E-state index contributed by atoms with van der Waals surface area (Å²) in [5.41, 5.74) is -0.348. The first kappa shape index (κ1) is 17.7. The van der Waals surface area contributed by atoms with E-state index in [2.05, 4.69) is 10.3 Å². The molecule has 1 aliphatic heterocycles. The molecule has 2 heterocycles. The minimum Gasteiger partial charge on any atom is -0.477 e. The SMILES string of the molecule is CC(=O)NCC(=O)N1CCO[C@]2(CCC[C@@H]2COc2ccccn2)C1. The number of carbonyl (C=O) groups excluding carboxylic acids is 2. The predicted octanol–water partition coefficient (Wildman–Crippen LogP) is 0.994. The summed E-state index contributed by atoms with van der Waals surface area (Å²) in [7, 11) is 0. The van der Waals surface area contributed by atoms with E-state index in [9.17, 15) is 9.59 Å². The highest BCUT2D eigenvalue weighted by Gasteiger charge is 2.48. The summed E-state index contributed by atoms with van der Waals surface area (Å²) in [5.74, 6) is 0.581. The standard InChI is InChI=1S/C18H25N3O4/c1-14(22)20-11-17(23)21-9-10-25-18(13-21)7-4-5-15(18)12-24-16-6-2-3-8-19-16/h2-3,6,8,15H,4-5,7,9-13H2,1H3,(H,20,22)/t15-,18-/m1/s1. The molecule has 0 bridgehead atoms. The van der Waals surface area contributed by atoms with E-state index in [1.807, 2.05) is 18.2 Å². The lowest BCUT2D eigenvalue weighted by Gasteiger charge is -2.44. The van der Waals surface area contributed by atoms with Gasteiger partial charge in [0.2, 0.25) is 17.7 Å². The second kappa shape index (κ2) is 7.82. The lowest BCUT2D eigenvalue weighted by molar-refractivity contribution is -0.159. The Balaban J connectivity index is 1.60. The monoisotopic (exact) mass is 347 g/mol. The quantitative estimate of drug-likeness (QED) is 0.859. The van der Waals surface area contributed by atoms with Crippen molar-refractivity contribution in [3.8, 4) is 5.88 Å². The molecule has 1 N–H and O–H groups in total. The summed E-state index contributed by atoms with van der Waals surface area (Å²) >= 11 is 0. The minimum atomic E-state index is -0.348. The fourth-order valence-electron chi connectivity index (χ4n) is 3.70. The summed E-state index contributed by atoms with van der Waals surface area (Å²) < 4.78 is 12.0. The van der Waals surface area contributed by atoms with Gasteiger partial charge in [0.15, 0.2) is 0 Å². The molecule has 1 saturated carbocycles. The van der Waals surface area contributed by atoms with Crippen LogP contribution in [0.5, 0.6) is 5.88 Å². The van der Waals surface area contributed by atoms with Crippen LogP contribution in [0, 0.1) is 5.92 Å². The largest absolute Gasteiger partial charge is 0.477 e. The van der Waals surface area contributed by atoms with E-state index >= 15 is 0 Å². The van der Waals surface area contributed by atoms with Gasteiger partial charge in [-0.3, -0.25) is 9.59 Å². The third kappa shape index (κ3) is 4.28. The number of carbonyl (C=O) groups is 2. The van der Waals surface area contributed by atoms with Gasteiger partial charge in [-0.25, -0.2) is 4.98 Å². The van der Waals surface area contributed by atoms with Crippen molar-refractivity contribution in [1.82, 2.24) is 15.2 Å². The van der Waals surface area contributed by atoms with E-state index in [1.165, 1.54) is 6.92 Å². The first-order valence-corrected chi connectivity index (χ1v) is 8.79. The molecule has 1 spiro atoms. The average molecular weight is 347 g/mol. The number of nitrogens with zero attached hydrogens (tertiary/aromatic N) is 2. The van der Waals surface area contributed by atoms with Crippen molar-refractivity contribution in [3.05, 3.63) is 24.4 Å². The second-order valence-corrected chi connectivity index (χ2v) is 6.71. The molecule has 2 fully saturated rings. The van der Waals surface area contributed by atoms with Gasteiger partial charge >= 0.3 is 0 Å². The fraction of sp³-hybridized carbons (Fsp3) is 0.611. The summed E-state index contributed by atoms with van der Waals surface area (Å²) in [5, 5.41) is 2.58. The molecule has 2 aliphatic rings. The van der Waals surface area contributed by atoms with Crippen LogP contribution in [0.1, 0.15) is 26.2 Å². The maximum absolute atomic E-state index is 12.3. The van der Waals surface area contributed by atoms with Gasteiger partial charge in [-0.05, 0) is 25.3 Å². The number of amides is 2.